The number of ether oxygens (including phenoxy) is 1. The summed E-state index contributed by atoms with van der Waals surface area (Å²) < 4.78 is 5.47. The largest absolute Gasteiger partial charge is 0.379 e. The lowest BCUT2D eigenvalue weighted by Crippen LogP contribution is -2.52. The van der Waals surface area contributed by atoms with Crippen LogP contribution in [0.2, 0.25) is 0 Å². The molecule has 2 atom stereocenters. The minimum absolute atomic E-state index is 0.163. The smallest absolute Gasteiger partial charge is 0.0624 e. The van der Waals surface area contributed by atoms with Gasteiger partial charge in [0.2, 0.25) is 0 Å². The Bertz CT molecular complexity index is 216. The molecule has 0 bridgehead atoms. The van der Waals surface area contributed by atoms with E-state index in [9.17, 15) is 0 Å². The minimum atomic E-state index is 0.163. The van der Waals surface area contributed by atoms with Crippen LogP contribution >= 0.6 is 0 Å². The van der Waals surface area contributed by atoms with E-state index in [2.05, 4.69) is 23.8 Å². The van der Waals surface area contributed by atoms with E-state index >= 15 is 0 Å². The van der Waals surface area contributed by atoms with Crippen molar-refractivity contribution in [2.24, 2.45) is 11.1 Å². The van der Waals surface area contributed by atoms with Crippen LogP contribution in [-0.4, -0.2) is 68.8 Å². The Balaban J connectivity index is 1.86. The first-order chi connectivity index (χ1) is 7.10. The molecule has 2 rings (SSSR count). The van der Waals surface area contributed by atoms with Crippen molar-refractivity contribution < 1.29 is 4.74 Å². The molecule has 4 heteroatoms. The molecule has 2 N–H and O–H groups in total. The van der Waals surface area contributed by atoms with E-state index in [1.165, 1.54) is 26.2 Å². The van der Waals surface area contributed by atoms with Crippen molar-refractivity contribution in [3.05, 3.63) is 0 Å². The Morgan fingerprint density at radius 2 is 2.00 bits per heavy atom. The van der Waals surface area contributed by atoms with Gasteiger partial charge in [0.1, 0.15) is 0 Å². The lowest BCUT2D eigenvalue weighted by atomic mass is 9.85. The van der Waals surface area contributed by atoms with Crippen molar-refractivity contribution in [3.8, 4) is 0 Å². The summed E-state index contributed by atoms with van der Waals surface area (Å²) in [6.45, 7) is 9.56. The van der Waals surface area contributed by atoms with Gasteiger partial charge >= 0.3 is 0 Å². The Morgan fingerprint density at radius 1 is 1.33 bits per heavy atom. The maximum Gasteiger partial charge on any atom is 0.0624 e. The van der Waals surface area contributed by atoms with Gasteiger partial charge in [0.25, 0.3) is 0 Å². The average Bonchev–Trinajstić information content (AvgIpc) is 2.51. The fourth-order valence-corrected chi connectivity index (χ4v) is 2.41. The SMILES string of the molecule is CN1CCN(CC2(C)COCC2N)CC1. The van der Waals surface area contributed by atoms with E-state index in [1.807, 2.05) is 0 Å². The number of rotatable bonds is 2. The van der Waals surface area contributed by atoms with Gasteiger partial charge in [0, 0.05) is 44.2 Å². The lowest BCUT2D eigenvalue weighted by Gasteiger charge is -2.38. The van der Waals surface area contributed by atoms with Crippen LogP contribution < -0.4 is 5.73 Å². The molecule has 0 radical (unpaired) electrons. The zero-order chi connectivity index (χ0) is 10.9. The quantitative estimate of drug-likeness (QED) is 0.677. The Labute approximate surface area is 92.4 Å². The Kier molecular flexibility index (Phi) is 3.30. The van der Waals surface area contributed by atoms with Crippen LogP contribution in [0.25, 0.3) is 0 Å². The summed E-state index contributed by atoms with van der Waals surface area (Å²) in [6.07, 6.45) is 0. The Morgan fingerprint density at radius 3 is 2.53 bits per heavy atom. The highest BCUT2D eigenvalue weighted by Crippen LogP contribution is 2.28. The predicted octanol–water partition coefficient (Wildman–Crippen LogP) is -0.402. The number of nitrogens with zero attached hydrogens (tertiary/aromatic N) is 2. The highest BCUT2D eigenvalue weighted by Gasteiger charge is 2.39. The fraction of sp³-hybridized carbons (Fsp3) is 1.00. The molecule has 2 saturated heterocycles. The van der Waals surface area contributed by atoms with Crippen LogP contribution in [0, 0.1) is 5.41 Å². The molecule has 0 spiro atoms. The molecule has 15 heavy (non-hydrogen) atoms. The number of hydrogen-bond acceptors (Lipinski definition) is 4. The number of nitrogens with two attached hydrogens (primary N) is 1. The molecular weight excluding hydrogens is 190 g/mol. The summed E-state index contributed by atoms with van der Waals surface area (Å²) in [6, 6.07) is 0.206. The molecule has 0 aliphatic carbocycles. The van der Waals surface area contributed by atoms with Crippen LogP contribution in [0.4, 0.5) is 0 Å². The molecule has 88 valence electrons. The van der Waals surface area contributed by atoms with E-state index in [1.54, 1.807) is 0 Å². The maximum atomic E-state index is 6.10. The van der Waals surface area contributed by atoms with Crippen LogP contribution in [0.15, 0.2) is 0 Å². The summed E-state index contributed by atoms with van der Waals surface area (Å²) >= 11 is 0. The second-order valence-corrected chi connectivity index (χ2v) is 5.36. The monoisotopic (exact) mass is 213 g/mol. The summed E-state index contributed by atoms with van der Waals surface area (Å²) in [4.78, 5) is 4.90. The first-order valence-electron chi connectivity index (χ1n) is 5.84. The van der Waals surface area contributed by atoms with Crippen LogP contribution in [0.3, 0.4) is 0 Å². The molecule has 0 aromatic heterocycles. The summed E-state index contributed by atoms with van der Waals surface area (Å²) in [5, 5.41) is 0. The maximum absolute atomic E-state index is 6.10. The van der Waals surface area contributed by atoms with Crippen molar-refractivity contribution in [2.45, 2.75) is 13.0 Å². The van der Waals surface area contributed by atoms with Crippen molar-refractivity contribution >= 4 is 0 Å². The first kappa shape index (κ1) is 11.3. The van der Waals surface area contributed by atoms with E-state index in [-0.39, 0.29) is 11.5 Å². The minimum Gasteiger partial charge on any atom is -0.379 e. The second kappa shape index (κ2) is 4.37. The molecular formula is C11H23N3O. The summed E-state index contributed by atoms with van der Waals surface area (Å²) in [7, 11) is 2.18. The molecule has 2 fully saturated rings. The highest BCUT2D eigenvalue weighted by atomic mass is 16.5. The highest BCUT2D eigenvalue weighted by molar-refractivity contribution is 4.93. The van der Waals surface area contributed by atoms with Crippen molar-refractivity contribution in [1.29, 1.82) is 0 Å². The van der Waals surface area contributed by atoms with Gasteiger partial charge in [-0.05, 0) is 7.05 Å². The van der Waals surface area contributed by atoms with Gasteiger partial charge in [-0.2, -0.15) is 0 Å². The molecule has 0 saturated carbocycles. The fourth-order valence-electron chi connectivity index (χ4n) is 2.41. The molecule has 0 amide bonds. The molecule has 0 aromatic rings. The van der Waals surface area contributed by atoms with Gasteiger partial charge in [-0.15, -0.1) is 0 Å². The predicted molar refractivity (Wildman–Crippen MR) is 60.8 cm³/mol. The molecule has 4 nitrogen and oxygen atoms in total. The molecule has 2 aliphatic rings. The zero-order valence-electron chi connectivity index (χ0n) is 9.91. The van der Waals surface area contributed by atoms with Crippen LogP contribution in [0.5, 0.6) is 0 Å². The third-order valence-electron chi connectivity index (χ3n) is 3.81. The standard InChI is InChI=1S/C11H23N3O/c1-11(9-15-7-10(11)12)8-14-5-3-13(2)4-6-14/h10H,3-9,12H2,1-2H3. The molecule has 0 aromatic carbocycles. The lowest BCUT2D eigenvalue weighted by molar-refractivity contribution is 0.0855. The first-order valence-corrected chi connectivity index (χ1v) is 5.84. The molecule has 2 aliphatic heterocycles. The van der Waals surface area contributed by atoms with Crippen molar-refractivity contribution in [1.82, 2.24) is 9.80 Å². The third-order valence-corrected chi connectivity index (χ3v) is 3.81. The van der Waals surface area contributed by atoms with E-state index in [0.717, 1.165) is 19.8 Å². The number of piperazine rings is 1. The number of likely N-dealkylation sites (N-methyl/N-ethyl adjacent to an activating group) is 1. The van der Waals surface area contributed by atoms with Crippen LogP contribution in [-0.2, 0) is 4.74 Å². The van der Waals surface area contributed by atoms with E-state index in [0.29, 0.717) is 0 Å². The van der Waals surface area contributed by atoms with E-state index in [4.69, 9.17) is 10.5 Å². The van der Waals surface area contributed by atoms with Gasteiger partial charge in [-0.3, -0.25) is 0 Å². The van der Waals surface area contributed by atoms with Crippen molar-refractivity contribution in [3.63, 3.8) is 0 Å². The zero-order valence-corrected chi connectivity index (χ0v) is 9.91. The third kappa shape index (κ3) is 2.50. The van der Waals surface area contributed by atoms with Crippen molar-refractivity contribution in [2.75, 3.05) is 53.0 Å². The van der Waals surface area contributed by atoms with Gasteiger partial charge in [-0.25, -0.2) is 0 Å². The average molecular weight is 213 g/mol. The summed E-state index contributed by atoms with van der Waals surface area (Å²) in [5.41, 5.74) is 6.26. The van der Waals surface area contributed by atoms with Crippen LogP contribution in [0.1, 0.15) is 6.92 Å². The van der Waals surface area contributed by atoms with E-state index < -0.39 is 0 Å². The second-order valence-electron chi connectivity index (χ2n) is 5.36. The van der Waals surface area contributed by atoms with Gasteiger partial charge < -0.3 is 20.3 Å². The normalized spacial score (nSPS) is 39.8. The van der Waals surface area contributed by atoms with Gasteiger partial charge in [0.15, 0.2) is 0 Å². The van der Waals surface area contributed by atoms with Gasteiger partial charge in [0.05, 0.1) is 13.2 Å². The topological polar surface area (TPSA) is 41.7 Å². The number of hydrogen-bond donors (Lipinski definition) is 1. The Hall–Kier alpha value is -0.160. The van der Waals surface area contributed by atoms with Gasteiger partial charge in [-0.1, -0.05) is 6.92 Å². The molecule has 2 heterocycles. The summed E-state index contributed by atoms with van der Waals surface area (Å²) in [5.74, 6) is 0. The molecule has 2 unspecified atom stereocenters.